The molecule has 2 heterocycles. The standard InChI is InChI=1S/C21H30N2O4/c1-2-26-21-6-4-3-5-17(21)13-23-11-10-22(14-18(23)9-12-24)15-19-7-8-20(16-25)27-19/h3-8,18,24-25H,2,9-16H2,1H3. The van der Waals surface area contributed by atoms with E-state index >= 15 is 0 Å². The Kier molecular flexibility index (Phi) is 7.29. The molecule has 6 nitrogen and oxygen atoms in total. The van der Waals surface area contributed by atoms with Crippen molar-refractivity contribution < 1.29 is 19.4 Å². The van der Waals surface area contributed by atoms with E-state index in [-0.39, 0.29) is 19.3 Å². The molecule has 1 aromatic carbocycles. The highest BCUT2D eigenvalue weighted by atomic mass is 16.5. The number of piperazine rings is 1. The number of nitrogens with zero attached hydrogens (tertiary/aromatic N) is 2. The van der Waals surface area contributed by atoms with Gasteiger partial charge >= 0.3 is 0 Å². The topological polar surface area (TPSA) is 69.3 Å². The summed E-state index contributed by atoms with van der Waals surface area (Å²) in [6.07, 6.45) is 0.743. The van der Waals surface area contributed by atoms with E-state index in [1.807, 2.05) is 37.3 Å². The Bertz CT molecular complexity index is 703. The summed E-state index contributed by atoms with van der Waals surface area (Å²) in [5, 5.41) is 18.7. The average Bonchev–Trinajstić information content (AvgIpc) is 3.13. The lowest BCUT2D eigenvalue weighted by Gasteiger charge is -2.41. The van der Waals surface area contributed by atoms with Gasteiger partial charge < -0.3 is 19.4 Å². The zero-order chi connectivity index (χ0) is 19.1. The summed E-state index contributed by atoms with van der Waals surface area (Å²) >= 11 is 0. The minimum absolute atomic E-state index is 0.0693. The molecule has 1 saturated heterocycles. The molecule has 1 atom stereocenters. The van der Waals surface area contributed by atoms with Crippen LogP contribution in [-0.2, 0) is 19.7 Å². The lowest BCUT2D eigenvalue weighted by Crippen LogP contribution is -2.52. The second kappa shape index (κ2) is 9.90. The van der Waals surface area contributed by atoms with Crippen molar-refractivity contribution in [2.45, 2.75) is 39.1 Å². The van der Waals surface area contributed by atoms with Gasteiger partial charge in [0.05, 0.1) is 13.2 Å². The molecule has 0 spiro atoms. The number of benzene rings is 1. The normalized spacial score (nSPS) is 18.7. The second-order valence-electron chi connectivity index (χ2n) is 6.94. The van der Waals surface area contributed by atoms with Gasteiger partial charge in [-0.1, -0.05) is 18.2 Å². The van der Waals surface area contributed by atoms with Crippen LogP contribution in [0.1, 0.15) is 30.4 Å². The minimum atomic E-state index is -0.0693. The number of hydrogen-bond acceptors (Lipinski definition) is 6. The molecule has 1 fully saturated rings. The van der Waals surface area contributed by atoms with Gasteiger partial charge in [-0.25, -0.2) is 0 Å². The molecule has 27 heavy (non-hydrogen) atoms. The number of para-hydroxylation sites is 1. The smallest absolute Gasteiger partial charge is 0.129 e. The van der Waals surface area contributed by atoms with Crippen LogP contribution in [0, 0.1) is 0 Å². The van der Waals surface area contributed by atoms with Crippen LogP contribution in [0.3, 0.4) is 0 Å². The van der Waals surface area contributed by atoms with E-state index in [0.717, 1.165) is 50.7 Å². The van der Waals surface area contributed by atoms with E-state index in [1.54, 1.807) is 0 Å². The molecule has 0 bridgehead atoms. The zero-order valence-corrected chi connectivity index (χ0v) is 16.0. The van der Waals surface area contributed by atoms with Gasteiger partial charge in [-0.2, -0.15) is 0 Å². The number of rotatable bonds is 9. The second-order valence-corrected chi connectivity index (χ2v) is 6.94. The van der Waals surface area contributed by atoms with E-state index in [0.29, 0.717) is 12.4 Å². The van der Waals surface area contributed by atoms with Crippen molar-refractivity contribution in [2.24, 2.45) is 0 Å². The molecular formula is C21H30N2O4. The van der Waals surface area contributed by atoms with Gasteiger partial charge in [0.2, 0.25) is 0 Å². The average molecular weight is 374 g/mol. The van der Waals surface area contributed by atoms with Crippen molar-refractivity contribution in [1.82, 2.24) is 9.80 Å². The summed E-state index contributed by atoms with van der Waals surface area (Å²) < 4.78 is 11.4. The van der Waals surface area contributed by atoms with Crippen LogP contribution in [-0.4, -0.2) is 58.9 Å². The van der Waals surface area contributed by atoms with E-state index in [4.69, 9.17) is 14.3 Å². The summed E-state index contributed by atoms with van der Waals surface area (Å²) in [5.74, 6) is 2.41. The number of furan rings is 1. The van der Waals surface area contributed by atoms with Gasteiger partial charge in [0.1, 0.15) is 23.9 Å². The van der Waals surface area contributed by atoms with Crippen molar-refractivity contribution in [1.29, 1.82) is 0 Å². The predicted octanol–water partition coefficient (Wildman–Crippen LogP) is 2.24. The molecule has 1 unspecified atom stereocenters. The highest BCUT2D eigenvalue weighted by Crippen LogP contribution is 2.24. The van der Waals surface area contributed by atoms with E-state index in [9.17, 15) is 5.11 Å². The van der Waals surface area contributed by atoms with Crippen LogP contribution in [0.25, 0.3) is 0 Å². The maximum atomic E-state index is 9.54. The molecule has 6 heteroatoms. The fourth-order valence-corrected chi connectivity index (χ4v) is 3.69. The number of aliphatic hydroxyl groups excluding tert-OH is 2. The van der Waals surface area contributed by atoms with Gasteiger partial charge in [-0.15, -0.1) is 0 Å². The summed E-state index contributed by atoms with van der Waals surface area (Å²) in [7, 11) is 0. The molecular weight excluding hydrogens is 344 g/mol. The monoisotopic (exact) mass is 374 g/mol. The number of aliphatic hydroxyl groups is 2. The molecule has 1 aliphatic rings. The first-order valence-corrected chi connectivity index (χ1v) is 9.70. The summed E-state index contributed by atoms with van der Waals surface area (Å²) in [4.78, 5) is 4.79. The molecule has 2 aromatic rings. The Hall–Kier alpha value is -1.86. The Labute approximate surface area is 161 Å². The highest BCUT2D eigenvalue weighted by Gasteiger charge is 2.27. The summed E-state index contributed by atoms with van der Waals surface area (Å²) in [6.45, 7) is 7.07. The summed E-state index contributed by atoms with van der Waals surface area (Å²) in [5.41, 5.74) is 1.19. The third-order valence-electron chi connectivity index (χ3n) is 5.05. The van der Waals surface area contributed by atoms with E-state index < -0.39 is 0 Å². The van der Waals surface area contributed by atoms with Crippen molar-refractivity contribution >= 4 is 0 Å². The lowest BCUT2D eigenvalue weighted by atomic mass is 10.1. The third-order valence-corrected chi connectivity index (χ3v) is 5.05. The maximum Gasteiger partial charge on any atom is 0.129 e. The SMILES string of the molecule is CCOc1ccccc1CN1CCN(Cc2ccc(CO)o2)CC1CCO. The van der Waals surface area contributed by atoms with Gasteiger partial charge in [0.15, 0.2) is 0 Å². The first-order valence-electron chi connectivity index (χ1n) is 9.70. The van der Waals surface area contributed by atoms with Crippen molar-refractivity contribution in [2.75, 3.05) is 32.8 Å². The van der Waals surface area contributed by atoms with Gasteiger partial charge in [0, 0.05) is 44.4 Å². The molecule has 0 saturated carbocycles. The summed E-state index contributed by atoms with van der Waals surface area (Å²) in [6, 6.07) is 12.2. The van der Waals surface area contributed by atoms with Gasteiger partial charge in [-0.3, -0.25) is 9.80 Å². The quantitative estimate of drug-likeness (QED) is 0.702. The lowest BCUT2D eigenvalue weighted by molar-refractivity contribution is 0.0459. The maximum absolute atomic E-state index is 9.54. The first kappa shape index (κ1) is 19.9. The third kappa shape index (κ3) is 5.32. The molecule has 0 amide bonds. The predicted molar refractivity (Wildman–Crippen MR) is 103 cm³/mol. The van der Waals surface area contributed by atoms with Crippen molar-refractivity contribution in [3.05, 3.63) is 53.5 Å². The molecule has 1 aromatic heterocycles. The zero-order valence-electron chi connectivity index (χ0n) is 16.0. The minimum Gasteiger partial charge on any atom is -0.494 e. The molecule has 3 rings (SSSR count). The fraction of sp³-hybridized carbons (Fsp3) is 0.524. The van der Waals surface area contributed by atoms with Crippen LogP contribution in [0.4, 0.5) is 0 Å². The van der Waals surface area contributed by atoms with E-state index in [1.165, 1.54) is 5.56 Å². The van der Waals surface area contributed by atoms with Crippen LogP contribution < -0.4 is 4.74 Å². The van der Waals surface area contributed by atoms with Crippen molar-refractivity contribution in [3.63, 3.8) is 0 Å². The molecule has 0 aliphatic carbocycles. The largest absolute Gasteiger partial charge is 0.494 e. The fourth-order valence-electron chi connectivity index (χ4n) is 3.69. The first-order chi connectivity index (χ1) is 13.2. The Balaban J connectivity index is 1.64. The van der Waals surface area contributed by atoms with Crippen LogP contribution in [0.5, 0.6) is 5.75 Å². The van der Waals surface area contributed by atoms with Crippen molar-refractivity contribution in [3.8, 4) is 5.75 Å². The highest BCUT2D eigenvalue weighted by molar-refractivity contribution is 5.33. The van der Waals surface area contributed by atoms with Crippen LogP contribution in [0.15, 0.2) is 40.8 Å². The van der Waals surface area contributed by atoms with Crippen LogP contribution in [0.2, 0.25) is 0 Å². The van der Waals surface area contributed by atoms with E-state index in [2.05, 4.69) is 15.9 Å². The number of hydrogen-bond donors (Lipinski definition) is 2. The Morgan fingerprint density at radius 2 is 1.89 bits per heavy atom. The number of ether oxygens (including phenoxy) is 1. The van der Waals surface area contributed by atoms with Gasteiger partial charge in [0.25, 0.3) is 0 Å². The van der Waals surface area contributed by atoms with Crippen LogP contribution >= 0.6 is 0 Å². The molecule has 0 radical (unpaired) electrons. The molecule has 148 valence electrons. The Morgan fingerprint density at radius 1 is 1.07 bits per heavy atom. The molecule has 2 N–H and O–H groups in total. The molecule has 1 aliphatic heterocycles. The Morgan fingerprint density at radius 3 is 2.63 bits per heavy atom. The van der Waals surface area contributed by atoms with Gasteiger partial charge in [-0.05, 0) is 31.5 Å².